The molecule has 0 heterocycles. The lowest BCUT2D eigenvalue weighted by molar-refractivity contribution is -0.139. The number of amides is 2. The zero-order valence-electron chi connectivity index (χ0n) is 20.8. The van der Waals surface area contributed by atoms with Crippen molar-refractivity contribution < 1.29 is 22.4 Å². The third-order valence-electron chi connectivity index (χ3n) is 6.60. The van der Waals surface area contributed by atoms with E-state index >= 15 is 0 Å². The second-order valence-electron chi connectivity index (χ2n) is 9.29. The van der Waals surface area contributed by atoms with E-state index in [0.29, 0.717) is 10.6 Å². The molecule has 0 aromatic heterocycles. The molecule has 2 amide bonds. The van der Waals surface area contributed by atoms with Crippen LogP contribution in [-0.4, -0.2) is 50.0 Å². The van der Waals surface area contributed by atoms with Crippen LogP contribution in [0.25, 0.3) is 0 Å². The monoisotopic (exact) mass is 537 g/mol. The Labute approximate surface area is 217 Å². The van der Waals surface area contributed by atoms with Crippen LogP contribution in [0.5, 0.6) is 0 Å². The number of nitrogens with one attached hydrogen (secondary N) is 1. The van der Waals surface area contributed by atoms with Crippen molar-refractivity contribution in [3.05, 3.63) is 64.4 Å². The molecule has 1 unspecified atom stereocenters. The van der Waals surface area contributed by atoms with Gasteiger partial charge in [0.15, 0.2) is 0 Å². The number of sulfonamides is 1. The first-order valence-corrected chi connectivity index (χ1v) is 14.3. The van der Waals surface area contributed by atoms with Gasteiger partial charge in [-0.1, -0.05) is 55.1 Å². The Morgan fingerprint density at radius 3 is 2.42 bits per heavy atom. The molecule has 1 atom stereocenters. The smallest absolute Gasteiger partial charge is 0.244 e. The van der Waals surface area contributed by atoms with Gasteiger partial charge in [-0.05, 0) is 50.5 Å². The van der Waals surface area contributed by atoms with E-state index in [1.165, 1.54) is 23.1 Å². The van der Waals surface area contributed by atoms with Crippen LogP contribution in [0.4, 0.5) is 10.1 Å². The third-order valence-corrected chi connectivity index (χ3v) is 8.14. The van der Waals surface area contributed by atoms with E-state index in [9.17, 15) is 22.4 Å². The number of nitrogens with zero attached hydrogens (tertiary/aromatic N) is 2. The molecule has 36 heavy (non-hydrogen) atoms. The highest BCUT2D eigenvalue weighted by Gasteiger charge is 2.32. The molecule has 10 heteroatoms. The Bertz CT molecular complexity index is 1200. The van der Waals surface area contributed by atoms with Crippen molar-refractivity contribution in [3.63, 3.8) is 0 Å². The average molecular weight is 538 g/mol. The van der Waals surface area contributed by atoms with Crippen molar-refractivity contribution in [2.75, 3.05) is 17.1 Å². The van der Waals surface area contributed by atoms with Crippen molar-refractivity contribution in [2.24, 2.45) is 0 Å². The highest BCUT2D eigenvalue weighted by molar-refractivity contribution is 7.92. The molecule has 7 nitrogen and oxygen atoms in total. The van der Waals surface area contributed by atoms with Gasteiger partial charge >= 0.3 is 0 Å². The van der Waals surface area contributed by atoms with Gasteiger partial charge in [0.1, 0.15) is 18.4 Å². The molecule has 0 saturated heterocycles. The van der Waals surface area contributed by atoms with Crippen molar-refractivity contribution in [3.8, 4) is 0 Å². The van der Waals surface area contributed by atoms with Crippen LogP contribution in [-0.2, 0) is 26.2 Å². The van der Waals surface area contributed by atoms with E-state index in [1.54, 1.807) is 38.1 Å². The lowest BCUT2D eigenvalue weighted by Crippen LogP contribution is -2.53. The highest BCUT2D eigenvalue weighted by atomic mass is 35.5. The molecular weight excluding hydrogens is 505 g/mol. The molecule has 2 aromatic carbocycles. The molecule has 1 N–H and O–H groups in total. The summed E-state index contributed by atoms with van der Waals surface area (Å²) < 4.78 is 40.9. The Morgan fingerprint density at radius 2 is 1.78 bits per heavy atom. The molecule has 2 aromatic rings. The zero-order chi connectivity index (χ0) is 26.5. The molecule has 1 saturated carbocycles. The Hall–Kier alpha value is -2.65. The van der Waals surface area contributed by atoms with Gasteiger partial charge in [0.2, 0.25) is 21.8 Å². The van der Waals surface area contributed by atoms with Crippen LogP contribution in [0.1, 0.15) is 50.2 Å². The first-order chi connectivity index (χ1) is 17.0. The van der Waals surface area contributed by atoms with Gasteiger partial charge in [-0.3, -0.25) is 13.9 Å². The maximum Gasteiger partial charge on any atom is 0.244 e. The molecule has 3 rings (SSSR count). The normalized spacial score (nSPS) is 15.2. The van der Waals surface area contributed by atoms with Gasteiger partial charge in [-0.2, -0.15) is 0 Å². The summed E-state index contributed by atoms with van der Waals surface area (Å²) in [5, 5.41) is 3.37. The Morgan fingerprint density at radius 1 is 1.11 bits per heavy atom. The minimum absolute atomic E-state index is 0.0285. The minimum Gasteiger partial charge on any atom is -0.352 e. The van der Waals surface area contributed by atoms with E-state index in [-0.39, 0.29) is 29.7 Å². The third kappa shape index (κ3) is 6.97. The van der Waals surface area contributed by atoms with E-state index < -0.39 is 34.3 Å². The SMILES string of the molecule is Cc1c(Cl)cccc1N(CC(=O)N(Cc1ccccc1F)C(C)C(=O)NC1CCCCC1)S(C)(=O)=O. The van der Waals surface area contributed by atoms with E-state index in [1.807, 2.05) is 0 Å². The second kappa shape index (κ2) is 12.1. The van der Waals surface area contributed by atoms with Gasteiger partial charge in [0, 0.05) is 23.2 Å². The van der Waals surface area contributed by atoms with Gasteiger partial charge in [0.05, 0.1) is 11.9 Å². The molecule has 0 bridgehead atoms. The summed E-state index contributed by atoms with van der Waals surface area (Å²) in [6.07, 6.45) is 5.93. The van der Waals surface area contributed by atoms with Gasteiger partial charge in [-0.15, -0.1) is 0 Å². The first-order valence-electron chi connectivity index (χ1n) is 12.0. The molecule has 1 fully saturated rings. The van der Waals surface area contributed by atoms with Crippen LogP contribution in [0.2, 0.25) is 5.02 Å². The lowest BCUT2D eigenvalue weighted by Gasteiger charge is -2.33. The number of carbonyl (C=O) groups excluding carboxylic acids is 2. The fourth-order valence-electron chi connectivity index (χ4n) is 4.42. The maximum absolute atomic E-state index is 14.5. The number of halogens is 2. The van der Waals surface area contributed by atoms with Crippen molar-refractivity contribution in [1.29, 1.82) is 0 Å². The molecule has 0 aliphatic heterocycles. The number of carbonyl (C=O) groups is 2. The van der Waals surface area contributed by atoms with E-state index in [2.05, 4.69) is 5.32 Å². The molecule has 1 aliphatic carbocycles. The average Bonchev–Trinajstić information content (AvgIpc) is 2.83. The molecule has 196 valence electrons. The maximum atomic E-state index is 14.5. The topological polar surface area (TPSA) is 86.8 Å². The highest BCUT2D eigenvalue weighted by Crippen LogP contribution is 2.28. The van der Waals surface area contributed by atoms with Crippen molar-refractivity contribution in [1.82, 2.24) is 10.2 Å². The predicted molar refractivity (Wildman–Crippen MR) is 140 cm³/mol. The van der Waals surface area contributed by atoms with E-state index in [4.69, 9.17) is 11.6 Å². The number of rotatable bonds is 9. The van der Waals surface area contributed by atoms with Crippen LogP contribution in [0.3, 0.4) is 0 Å². The minimum atomic E-state index is -3.88. The fourth-order valence-corrected chi connectivity index (χ4v) is 5.49. The predicted octanol–water partition coefficient (Wildman–Crippen LogP) is 4.42. The Kier molecular flexibility index (Phi) is 9.35. The van der Waals surface area contributed by atoms with Gasteiger partial charge in [-0.25, -0.2) is 12.8 Å². The van der Waals surface area contributed by atoms with Gasteiger partial charge in [0.25, 0.3) is 0 Å². The summed E-state index contributed by atoms with van der Waals surface area (Å²) in [4.78, 5) is 28.0. The molecule has 0 radical (unpaired) electrons. The van der Waals surface area contributed by atoms with E-state index in [0.717, 1.165) is 42.7 Å². The number of anilines is 1. The fraction of sp³-hybridized carbons (Fsp3) is 0.462. The summed E-state index contributed by atoms with van der Waals surface area (Å²) in [6.45, 7) is 2.50. The summed E-state index contributed by atoms with van der Waals surface area (Å²) in [5.41, 5.74) is 0.998. The Balaban J connectivity index is 1.91. The standard InChI is InChI=1S/C26H33ClFN3O4S/c1-18-22(27)13-9-15-24(18)31(36(3,34)35)17-25(32)30(16-20-10-7-8-14-23(20)28)19(2)26(33)29-21-11-5-4-6-12-21/h7-10,13-15,19,21H,4-6,11-12,16-17H2,1-3H3,(H,29,33). The number of benzene rings is 2. The van der Waals surface area contributed by atoms with Crippen LogP contribution in [0, 0.1) is 12.7 Å². The molecular formula is C26H33ClFN3O4S. The summed E-state index contributed by atoms with van der Waals surface area (Å²) in [6, 6.07) is 9.89. The largest absolute Gasteiger partial charge is 0.352 e. The molecule has 1 aliphatic rings. The zero-order valence-corrected chi connectivity index (χ0v) is 22.4. The number of hydrogen-bond acceptors (Lipinski definition) is 4. The quantitative estimate of drug-likeness (QED) is 0.513. The molecule has 0 spiro atoms. The van der Waals surface area contributed by atoms with Crippen LogP contribution in [0.15, 0.2) is 42.5 Å². The second-order valence-corrected chi connectivity index (χ2v) is 11.6. The lowest BCUT2D eigenvalue weighted by atomic mass is 9.95. The summed E-state index contributed by atoms with van der Waals surface area (Å²) >= 11 is 6.20. The van der Waals surface area contributed by atoms with Crippen molar-refractivity contribution >= 4 is 39.1 Å². The van der Waals surface area contributed by atoms with Crippen molar-refractivity contribution in [2.45, 2.75) is 64.6 Å². The first kappa shape index (κ1) is 27.9. The van der Waals surface area contributed by atoms with Crippen LogP contribution >= 0.6 is 11.6 Å². The summed E-state index contributed by atoms with van der Waals surface area (Å²) in [7, 11) is -3.88. The number of hydrogen-bond donors (Lipinski definition) is 1. The summed E-state index contributed by atoms with van der Waals surface area (Å²) in [5.74, 6) is -1.49. The van der Waals surface area contributed by atoms with Crippen LogP contribution < -0.4 is 9.62 Å². The van der Waals surface area contributed by atoms with Gasteiger partial charge < -0.3 is 10.2 Å².